The van der Waals surface area contributed by atoms with E-state index in [-0.39, 0.29) is 5.91 Å². The molecule has 0 atom stereocenters. The quantitative estimate of drug-likeness (QED) is 0.847. The van der Waals surface area contributed by atoms with Crippen LogP contribution in [0.5, 0.6) is 5.75 Å². The first-order valence-electron chi connectivity index (χ1n) is 5.90. The first-order chi connectivity index (χ1) is 9.54. The molecular weight excluding hydrogens is 297 g/mol. The van der Waals surface area contributed by atoms with Crippen molar-refractivity contribution in [3.8, 4) is 5.75 Å². The number of hydrogen-bond donors (Lipinski definition) is 0. The molecule has 0 aliphatic carbocycles. The van der Waals surface area contributed by atoms with Crippen LogP contribution in [0.1, 0.15) is 10.4 Å². The molecule has 0 spiro atoms. The molecule has 0 unspecified atom stereocenters. The van der Waals surface area contributed by atoms with Gasteiger partial charge in [0.25, 0.3) is 5.91 Å². The fourth-order valence-corrected chi connectivity index (χ4v) is 2.48. The van der Waals surface area contributed by atoms with Crippen LogP contribution in [-0.2, 0) is 0 Å². The summed E-state index contributed by atoms with van der Waals surface area (Å²) in [6, 6.07) is 12.4. The molecule has 2 aromatic rings. The van der Waals surface area contributed by atoms with Crippen LogP contribution >= 0.6 is 23.2 Å². The molecule has 0 radical (unpaired) electrons. The first-order valence-corrected chi connectivity index (χ1v) is 6.66. The molecule has 0 fully saturated rings. The Morgan fingerprint density at radius 2 is 1.65 bits per heavy atom. The number of rotatable bonds is 3. The van der Waals surface area contributed by atoms with Crippen molar-refractivity contribution < 1.29 is 9.53 Å². The lowest BCUT2D eigenvalue weighted by Crippen LogP contribution is -2.26. The second-order valence-electron chi connectivity index (χ2n) is 4.17. The number of carbonyl (C=O) groups excluding carboxylic acids is 1. The maximum Gasteiger partial charge on any atom is 0.258 e. The maximum absolute atomic E-state index is 12.4. The zero-order valence-corrected chi connectivity index (χ0v) is 12.6. The second kappa shape index (κ2) is 6.16. The fraction of sp³-hybridized carbons (Fsp3) is 0.133. The molecule has 20 heavy (non-hydrogen) atoms. The minimum Gasteiger partial charge on any atom is -0.494 e. The van der Waals surface area contributed by atoms with Crippen molar-refractivity contribution >= 4 is 34.8 Å². The van der Waals surface area contributed by atoms with Crippen LogP contribution in [0.3, 0.4) is 0 Å². The van der Waals surface area contributed by atoms with Crippen molar-refractivity contribution in [3.05, 3.63) is 58.1 Å². The number of methoxy groups -OCH3 is 1. The van der Waals surface area contributed by atoms with Crippen molar-refractivity contribution in [2.45, 2.75) is 0 Å². The van der Waals surface area contributed by atoms with E-state index in [2.05, 4.69) is 0 Å². The normalized spacial score (nSPS) is 10.2. The zero-order chi connectivity index (χ0) is 14.7. The minimum absolute atomic E-state index is 0.192. The van der Waals surface area contributed by atoms with Gasteiger partial charge in [-0.15, -0.1) is 0 Å². The van der Waals surface area contributed by atoms with Gasteiger partial charge < -0.3 is 9.64 Å². The largest absolute Gasteiger partial charge is 0.494 e. The number of para-hydroxylation sites is 1. The van der Waals surface area contributed by atoms with E-state index in [4.69, 9.17) is 27.9 Å². The van der Waals surface area contributed by atoms with E-state index >= 15 is 0 Å². The lowest BCUT2D eigenvalue weighted by atomic mass is 10.1. The Morgan fingerprint density at radius 1 is 1.10 bits per heavy atom. The summed E-state index contributed by atoms with van der Waals surface area (Å²) < 4.78 is 5.07. The number of carbonyl (C=O) groups is 1. The molecule has 0 saturated heterocycles. The molecule has 104 valence electrons. The number of nitrogens with zero attached hydrogens (tertiary/aromatic N) is 1. The molecule has 5 heteroatoms. The second-order valence-corrected chi connectivity index (χ2v) is 4.99. The van der Waals surface area contributed by atoms with Crippen LogP contribution < -0.4 is 9.64 Å². The summed E-state index contributed by atoms with van der Waals surface area (Å²) in [5.74, 6) is 0.176. The summed E-state index contributed by atoms with van der Waals surface area (Å²) in [6.45, 7) is 0. The van der Waals surface area contributed by atoms with Crippen molar-refractivity contribution in [3.63, 3.8) is 0 Å². The third-order valence-electron chi connectivity index (χ3n) is 2.90. The van der Waals surface area contributed by atoms with Crippen LogP contribution in [0.15, 0.2) is 42.5 Å². The van der Waals surface area contributed by atoms with E-state index in [0.29, 0.717) is 21.4 Å². The SMILES string of the molecule is COc1c(Cl)cc(C(=O)N(C)c2ccccc2)cc1Cl. The monoisotopic (exact) mass is 309 g/mol. The highest BCUT2D eigenvalue weighted by molar-refractivity contribution is 6.37. The van der Waals surface area contributed by atoms with E-state index in [1.165, 1.54) is 12.0 Å². The van der Waals surface area contributed by atoms with Gasteiger partial charge in [-0.3, -0.25) is 4.79 Å². The number of halogens is 2. The summed E-state index contributed by atoms with van der Waals surface area (Å²) in [5.41, 5.74) is 1.20. The predicted octanol–water partition coefficient (Wildman–Crippen LogP) is 4.28. The number of hydrogen-bond acceptors (Lipinski definition) is 2. The molecule has 0 N–H and O–H groups in total. The molecular formula is C15H13Cl2NO2. The standard InChI is InChI=1S/C15H13Cl2NO2/c1-18(11-6-4-3-5-7-11)15(19)10-8-12(16)14(20-2)13(17)9-10/h3-9H,1-2H3. The Balaban J connectivity index is 2.35. The molecule has 0 heterocycles. The van der Waals surface area contributed by atoms with E-state index < -0.39 is 0 Å². The summed E-state index contributed by atoms with van der Waals surface area (Å²) in [7, 11) is 3.17. The van der Waals surface area contributed by atoms with Gasteiger partial charge in [0.15, 0.2) is 5.75 Å². The van der Waals surface area contributed by atoms with Gasteiger partial charge in [-0.05, 0) is 24.3 Å². The van der Waals surface area contributed by atoms with Gasteiger partial charge in [0.1, 0.15) is 0 Å². The summed E-state index contributed by atoms with van der Waals surface area (Å²) >= 11 is 12.1. The highest BCUT2D eigenvalue weighted by Crippen LogP contribution is 2.34. The molecule has 0 aliphatic heterocycles. The van der Waals surface area contributed by atoms with Gasteiger partial charge >= 0.3 is 0 Å². The summed E-state index contributed by atoms with van der Waals surface area (Å²) in [6.07, 6.45) is 0. The van der Waals surface area contributed by atoms with E-state index in [9.17, 15) is 4.79 Å². The Morgan fingerprint density at radius 3 is 2.15 bits per heavy atom. The topological polar surface area (TPSA) is 29.5 Å². The Labute approximate surface area is 127 Å². The lowest BCUT2D eigenvalue weighted by molar-refractivity contribution is 0.0993. The highest BCUT2D eigenvalue weighted by atomic mass is 35.5. The number of anilines is 1. The van der Waals surface area contributed by atoms with Gasteiger partial charge in [0.2, 0.25) is 0 Å². The predicted molar refractivity (Wildman–Crippen MR) is 82.2 cm³/mol. The number of ether oxygens (including phenoxy) is 1. The van der Waals surface area contributed by atoms with Gasteiger partial charge in [-0.25, -0.2) is 0 Å². The van der Waals surface area contributed by atoms with Gasteiger partial charge in [-0.2, -0.15) is 0 Å². The smallest absolute Gasteiger partial charge is 0.258 e. The third kappa shape index (κ3) is 2.89. The average Bonchev–Trinajstić information content (AvgIpc) is 2.46. The summed E-state index contributed by atoms with van der Waals surface area (Å²) in [5, 5.41) is 0.620. The van der Waals surface area contributed by atoms with Crippen LogP contribution in [0, 0.1) is 0 Å². The minimum atomic E-state index is -0.192. The lowest BCUT2D eigenvalue weighted by Gasteiger charge is -2.18. The molecule has 2 aromatic carbocycles. The van der Waals surface area contributed by atoms with Gasteiger partial charge in [-0.1, -0.05) is 41.4 Å². The molecule has 0 aromatic heterocycles. The maximum atomic E-state index is 12.4. The van der Waals surface area contributed by atoms with E-state index in [0.717, 1.165) is 5.69 Å². The van der Waals surface area contributed by atoms with Crippen LogP contribution in [0.2, 0.25) is 10.0 Å². The van der Waals surface area contributed by atoms with Crippen LogP contribution in [-0.4, -0.2) is 20.1 Å². The molecule has 0 bridgehead atoms. The Hall–Kier alpha value is -1.71. The molecule has 0 aliphatic rings. The van der Waals surface area contributed by atoms with E-state index in [1.807, 2.05) is 30.3 Å². The van der Waals surface area contributed by atoms with Crippen LogP contribution in [0.25, 0.3) is 0 Å². The van der Waals surface area contributed by atoms with Crippen LogP contribution in [0.4, 0.5) is 5.69 Å². The average molecular weight is 310 g/mol. The first kappa shape index (κ1) is 14.7. The zero-order valence-electron chi connectivity index (χ0n) is 11.1. The van der Waals surface area contributed by atoms with E-state index in [1.54, 1.807) is 19.2 Å². The van der Waals surface area contributed by atoms with Gasteiger partial charge in [0.05, 0.1) is 17.2 Å². The number of benzene rings is 2. The molecule has 3 nitrogen and oxygen atoms in total. The van der Waals surface area contributed by atoms with Crippen molar-refractivity contribution in [2.24, 2.45) is 0 Å². The van der Waals surface area contributed by atoms with Crippen molar-refractivity contribution in [2.75, 3.05) is 19.1 Å². The van der Waals surface area contributed by atoms with Crippen molar-refractivity contribution in [1.29, 1.82) is 0 Å². The Kier molecular flexibility index (Phi) is 4.53. The fourth-order valence-electron chi connectivity index (χ4n) is 1.84. The van der Waals surface area contributed by atoms with Crippen molar-refractivity contribution in [1.82, 2.24) is 0 Å². The number of amides is 1. The summed E-state index contributed by atoms with van der Waals surface area (Å²) in [4.78, 5) is 14.0. The van der Waals surface area contributed by atoms with Gasteiger partial charge in [0, 0.05) is 18.3 Å². The molecule has 1 amide bonds. The Bertz CT molecular complexity index is 606. The molecule has 2 rings (SSSR count). The highest BCUT2D eigenvalue weighted by Gasteiger charge is 2.17. The molecule has 0 saturated carbocycles. The third-order valence-corrected chi connectivity index (χ3v) is 3.46.